The van der Waals surface area contributed by atoms with E-state index in [-0.39, 0.29) is 0 Å². The van der Waals surface area contributed by atoms with Crippen LogP contribution in [0.5, 0.6) is 0 Å². The van der Waals surface area contributed by atoms with Gasteiger partial charge in [0.1, 0.15) is 5.52 Å². The number of halogens is 2. The molecule has 4 nitrogen and oxygen atoms in total. The molecule has 2 heterocycles. The van der Waals surface area contributed by atoms with Gasteiger partial charge in [-0.3, -0.25) is 4.57 Å². The Morgan fingerprint density at radius 2 is 2.19 bits per heavy atom. The number of benzene rings is 1. The summed E-state index contributed by atoms with van der Waals surface area (Å²) >= 11 is 15.3. The van der Waals surface area contributed by atoms with Gasteiger partial charge in [0.05, 0.1) is 16.4 Å². The Kier molecular flexibility index (Phi) is 3.94. The van der Waals surface area contributed by atoms with Gasteiger partial charge < -0.3 is 4.98 Å². The van der Waals surface area contributed by atoms with Crippen molar-refractivity contribution in [3.05, 3.63) is 38.2 Å². The van der Waals surface area contributed by atoms with Crippen LogP contribution < -0.4 is 0 Å². The van der Waals surface area contributed by atoms with Crippen molar-refractivity contribution in [2.75, 3.05) is 0 Å². The van der Waals surface area contributed by atoms with E-state index in [9.17, 15) is 0 Å². The van der Waals surface area contributed by atoms with Gasteiger partial charge in [-0.05, 0) is 36.8 Å². The van der Waals surface area contributed by atoms with Gasteiger partial charge in [-0.2, -0.15) is 5.10 Å². The molecule has 0 fully saturated rings. The molecule has 0 saturated heterocycles. The van der Waals surface area contributed by atoms with Crippen LogP contribution in [0.4, 0.5) is 0 Å². The van der Waals surface area contributed by atoms with E-state index in [1.807, 2.05) is 34.5 Å². The molecule has 0 bridgehead atoms. The molecular formula is C14H14BrClN4S. The molecule has 1 aromatic carbocycles. The van der Waals surface area contributed by atoms with Gasteiger partial charge in [-0.25, -0.2) is 4.68 Å². The van der Waals surface area contributed by atoms with E-state index in [1.54, 1.807) is 0 Å². The number of aryl methyl sites for hydroxylation is 2. The SMILES string of the molecule is CCCc1nn(C)c2c1[nH]c(=S)n2-c1ccc(Br)cc1Cl. The van der Waals surface area contributed by atoms with Crippen LogP contribution in [-0.2, 0) is 13.5 Å². The summed E-state index contributed by atoms with van der Waals surface area (Å²) in [7, 11) is 1.92. The molecule has 21 heavy (non-hydrogen) atoms. The van der Waals surface area contributed by atoms with E-state index < -0.39 is 0 Å². The Labute approximate surface area is 140 Å². The minimum Gasteiger partial charge on any atom is -0.327 e. The summed E-state index contributed by atoms with van der Waals surface area (Å²) in [6, 6.07) is 5.76. The van der Waals surface area contributed by atoms with E-state index >= 15 is 0 Å². The number of rotatable bonds is 3. The summed E-state index contributed by atoms with van der Waals surface area (Å²) in [5, 5.41) is 5.22. The number of aromatic amines is 1. The smallest absolute Gasteiger partial charge is 0.184 e. The van der Waals surface area contributed by atoms with Crippen molar-refractivity contribution in [2.24, 2.45) is 7.05 Å². The number of hydrogen-bond donors (Lipinski definition) is 1. The van der Waals surface area contributed by atoms with Gasteiger partial charge in [-0.15, -0.1) is 0 Å². The molecule has 0 unspecified atom stereocenters. The van der Waals surface area contributed by atoms with E-state index in [0.717, 1.165) is 39.9 Å². The molecule has 0 aliphatic rings. The van der Waals surface area contributed by atoms with Gasteiger partial charge in [0, 0.05) is 11.5 Å². The molecule has 0 amide bonds. The molecule has 7 heteroatoms. The van der Waals surface area contributed by atoms with E-state index in [1.165, 1.54) is 0 Å². The fourth-order valence-electron chi connectivity index (χ4n) is 2.51. The molecule has 0 spiro atoms. The number of H-pyrrole nitrogens is 1. The first-order valence-electron chi connectivity index (χ1n) is 6.65. The maximum absolute atomic E-state index is 6.37. The number of nitrogens with one attached hydrogen (secondary N) is 1. The lowest BCUT2D eigenvalue weighted by atomic mass is 10.2. The fraction of sp³-hybridized carbons (Fsp3) is 0.286. The predicted molar refractivity (Wildman–Crippen MR) is 91.9 cm³/mol. The molecule has 3 aromatic rings. The predicted octanol–water partition coefficient (Wildman–Crippen LogP) is 4.79. The van der Waals surface area contributed by atoms with Crippen LogP contribution in [0.15, 0.2) is 22.7 Å². The molecule has 1 N–H and O–H groups in total. The first-order valence-corrected chi connectivity index (χ1v) is 8.23. The second-order valence-electron chi connectivity index (χ2n) is 4.88. The van der Waals surface area contributed by atoms with Gasteiger partial charge in [-0.1, -0.05) is 40.9 Å². The average molecular weight is 386 g/mol. The third-order valence-corrected chi connectivity index (χ3v) is 4.45. The van der Waals surface area contributed by atoms with E-state index in [0.29, 0.717) is 9.79 Å². The summed E-state index contributed by atoms with van der Waals surface area (Å²) in [5.74, 6) is 0. The minimum atomic E-state index is 0.625. The molecule has 110 valence electrons. The normalized spacial score (nSPS) is 11.4. The number of imidazole rings is 1. The molecule has 2 aromatic heterocycles. The molecule has 0 saturated carbocycles. The lowest BCUT2D eigenvalue weighted by Crippen LogP contribution is -2.01. The highest BCUT2D eigenvalue weighted by Gasteiger charge is 2.17. The zero-order valence-corrected chi connectivity index (χ0v) is 14.8. The Hall–Kier alpha value is -1.11. The molecule has 0 atom stereocenters. The summed E-state index contributed by atoms with van der Waals surface area (Å²) in [6.07, 6.45) is 1.96. The van der Waals surface area contributed by atoms with Crippen molar-refractivity contribution in [1.29, 1.82) is 0 Å². The molecule has 3 rings (SSSR count). The minimum absolute atomic E-state index is 0.625. The summed E-state index contributed by atoms with van der Waals surface area (Å²) in [4.78, 5) is 3.27. The first-order chi connectivity index (χ1) is 10.0. The number of fused-ring (bicyclic) bond motifs is 1. The zero-order valence-electron chi connectivity index (χ0n) is 11.7. The second-order valence-corrected chi connectivity index (χ2v) is 6.59. The molecule has 0 aliphatic heterocycles. The van der Waals surface area contributed by atoms with Crippen LogP contribution in [0.3, 0.4) is 0 Å². The van der Waals surface area contributed by atoms with Crippen molar-refractivity contribution in [3.63, 3.8) is 0 Å². The third-order valence-electron chi connectivity index (χ3n) is 3.37. The Bertz CT molecular complexity index is 877. The van der Waals surface area contributed by atoms with Crippen molar-refractivity contribution in [2.45, 2.75) is 19.8 Å². The van der Waals surface area contributed by atoms with Crippen LogP contribution in [0, 0.1) is 4.77 Å². The first kappa shape index (κ1) is 14.8. The second kappa shape index (κ2) is 5.59. The summed E-state index contributed by atoms with van der Waals surface area (Å²) in [6.45, 7) is 2.14. The standard InChI is InChI=1S/C14H14BrClN4S/c1-3-4-10-12-13(19(2)18-10)20(14(21)17-12)11-6-5-8(15)7-9(11)16/h5-7H,3-4H2,1-2H3,(H,17,21). The topological polar surface area (TPSA) is 38.5 Å². The third kappa shape index (κ3) is 2.45. The zero-order chi connectivity index (χ0) is 15.1. The number of nitrogens with zero attached hydrogens (tertiary/aromatic N) is 3. The van der Waals surface area contributed by atoms with Crippen LogP contribution in [-0.4, -0.2) is 19.3 Å². The maximum Gasteiger partial charge on any atom is 0.184 e. The highest BCUT2D eigenvalue weighted by Crippen LogP contribution is 2.29. The van der Waals surface area contributed by atoms with Crippen molar-refractivity contribution in [1.82, 2.24) is 19.3 Å². The summed E-state index contributed by atoms with van der Waals surface area (Å²) < 4.78 is 5.35. The lowest BCUT2D eigenvalue weighted by molar-refractivity contribution is 0.735. The van der Waals surface area contributed by atoms with E-state index in [4.69, 9.17) is 23.8 Å². The van der Waals surface area contributed by atoms with Gasteiger partial charge >= 0.3 is 0 Å². The maximum atomic E-state index is 6.37. The number of hydrogen-bond acceptors (Lipinski definition) is 2. The van der Waals surface area contributed by atoms with E-state index in [2.05, 4.69) is 32.9 Å². The van der Waals surface area contributed by atoms with Gasteiger partial charge in [0.2, 0.25) is 0 Å². The number of aromatic nitrogens is 4. The summed E-state index contributed by atoms with van der Waals surface area (Å²) in [5.41, 5.74) is 3.81. The quantitative estimate of drug-likeness (QED) is 0.658. The fourth-order valence-corrected chi connectivity index (χ4v) is 3.56. The van der Waals surface area contributed by atoms with Crippen molar-refractivity contribution >= 4 is 50.9 Å². The monoisotopic (exact) mass is 384 g/mol. The Morgan fingerprint density at radius 1 is 1.43 bits per heavy atom. The largest absolute Gasteiger partial charge is 0.327 e. The van der Waals surface area contributed by atoms with Crippen LogP contribution in [0.1, 0.15) is 19.0 Å². The molecular weight excluding hydrogens is 372 g/mol. The Balaban J connectivity index is 2.32. The van der Waals surface area contributed by atoms with Crippen LogP contribution in [0.25, 0.3) is 16.9 Å². The molecule has 0 aliphatic carbocycles. The highest BCUT2D eigenvalue weighted by atomic mass is 79.9. The highest BCUT2D eigenvalue weighted by molar-refractivity contribution is 9.10. The van der Waals surface area contributed by atoms with Crippen molar-refractivity contribution in [3.8, 4) is 5.69 Å². The van der Waals surface area contributed by atoms with Gasteiger partial charge in [0.25, 0.3) is 0 Å². The average Bonchev–Trinajstić information content (AvgIpc) is 2.89. The van der Waals surface area contributed by atoms with Crippen molar-refractivity contribution < 1.29 is 0 Å². The molecule has 0 radical (unpaired) electrons. The Morgan fingerprint density at radius 3 is 2.86 bits per heavy atom. The van der Waals surface area contributed by atoms with Crippen LogP contribution in [0.2, 0.25) is 5.02 Å². The lowest BCUT2D eigenvalue weighted by Gasteiger charge is -2.07. The van der Waals surface area contributed by atoms with Crippen LogP contribution >= 0.6 is 39.7 Å². The van der Waals surface area contributed by atoms with Gasteiger partial charge in [0.15, 0.2) is 10.4 Å².